The summed E-state index contributed by atoms with van der Waals surface area (Å²) in [5.74, 6) is -2.26. The first-order valence-electron chi connectivity index (χ1n) is 11.6. The lowest BCUT2D eigenvalue weighted by Crippen LogP contribution is -2.43. The van der Waals surface area contributed by atoms with Gasteiger partial charge in [0.2, 0.25) is 0 Å². The summed E-state index contributed by atoms with van der Waals surface area (Å²) in [6.45, 7) is 11.6. The van der Waals surface area contributed by atoms with Crippen LogP contribution in [0.1, 0.15) is 78.6 Å². The monoisotopic (exact) mass is 504 g/mol. The first kappa shape index (κ1) is 31.8. The normalized spacial score (nSPS) is 11.5. The zero-order chi connectivity index (χ0) is 26.2. The second-order valence-corrected chi connectivity index (χ2v) is 10.2. The number of unbranched alkanes of at least 4 members (excludes halogenated alkanes) is 6. The van der Waals surface area contributed by atoms with Crippen LogP contribution < -0.4 is 0 Å². The molecule has 0 heterocycles. The van der Waals surface area contributed by atoms with Gasteiger partial charge in [-0.1, -0.05) is 58.6 Å². The smallest absolute Gasteiger partial charge is 0.333 e. The Morgan fingerprint density at radius 2 is 1.29 bits per heavy atom. The number of hydrogen-bond acceptors (Lipinski definition) is 8. The van der Waals surface area contributed by atoms with Crippen molar-refractivity contribution < 1.29 is 41.6 Å². The molecular weight excluding hydrogens is 464 g/mol. The van der Waals surface area contributed by atoms with E-state index in [1.54, 1.807) is 0 Å². The van der Waals surface area contributed by atoms with Crippen LogP contribution in [0.3, 0.4) is 0 Å². The minimum Gasteiger partial charge on any atom is -0.465 e. The molecule has 0 aliphatic heterocycles. The second-order valence-electron chi connectivity index (χ2n) is 8.64. The molecule has 9 nitrogen and oxygen atoms in total. The predicted molar refractivity (Wildman–Crippen MR) is 129 cm³/mol. The van der Waals surface area contributed by atoms with Crippen molar-refractivity contribution in [3.8, 4) is 0 Å². The van der Waals surface area contributed by atoms with Crippen molar-refractivity contribution in [2.45, 2.75) is 78.6 Å². The maximum Gasteiger partial charge on any atom is 0.333 e. The highest BCUT2D eigenvalue weighted by molar-refractivity contribution is 7.85. The van der Waals surface area contributed by atoms with Crippen molar-refractivity contribution in [2.75, 3.05) is 25.6 Å². The molecule has 196 valence electrons. The van der Waals surface area contributed by atoms with Crippen molar-refractivity contribution in [3.05, 3.63) is 24.3 Å². The van der Waals surface area contributed by atoms with E-state index in [2.05, 4.69) is 20.1 Å². The van der Waals surface area contributed by atoms with E-state index >= 15 is 0 Å². The molecule has 0 fully saturated rings. The van der Waals surface area contributed by atoms with Gasteiger partial charge in [-0.05, 0) is 33.1 Å². The van der Waals surface area contributed by atoms with Crippen LogP contribution in [0.5, 0.6) is 0 Å². The van der Waals surface area contributed by atoms with Gasteiger partial charge in [0.1, 0.15) is 18.6 Å². The fourth-order valence-electron chi connectivity index (χ4n) is 3.01. The summed E-state index contributed by atoms with van der Waals surface area (Å²) in [7, 11) is -3.98. The van der Waals surface area contributed by atoms with Crippen molar-refractivity contribution in [3.63, 3.8) is 0 Å². The molecule has 0 aromatic heterocycles. The molecule has 0 saturated carbocycles. The molecule has 34 heavy (non-hydrogen) atoms. The third-order valence-corrected chi connectivity index (χ3v) is 5.93. The molecule has 0 atom stereocenters. The Labute approximate surface area is 203 Å². The Kier molecular flexibility index (Phi) is 15.4. The molecule has 10 heteroatoms. The van der Waals surface area contributed by atoms with Gasteiger partial charge in [-0.2, -0.15) is 8.42 Å². The fourth-order valence-corrected chi connectivity index (χ4v) is 3.58. The lowest BCUT2D eigenvalue weighted by atomic mass is 9.83. The SMILES string of the molecule is C=C(C)C(=O)OCC(CCCCCC)(COC(=O)C(=C)C)C(=O)OCCCCCCS(=O)(=O)O. The lowest BCUT2D eigenvalue weighted by molar-refractivity contribution is -0.171. The van der Waals surface area contributed by atoms with Gasteiger partial charge in [0, 0.05) is 11.1 Å². The Morgan fingerprint density at radius 1 is 0.794 bits per heavy atom. The predicted octanol–water partition coefficient (Wildman–Crippen LogP) is 4.17. The van der Waals surface area contributed by atoms with Crippen LogP contribution in [0.15, 0.2) is 24.3 Å². The molecule has 0 rings (SSSR count). The van der Waals surface area contributed by atoms with Crippen LogP contribution in [0.2, 0.25) is 0 Å². The van der Waals surface area contributed by atoms with Crippen molar-refractivity contribution in [2.24, 2.45) is 5.41 Å². The van der Waals surface area contributed by atoms with Crippen LogP contribution in [0, 0.1) is 5.41 Å². The van der Waals surface area contributed by atoms with E-state index in [1.807, 2.05) is 0 Å². The number of carbonyl (C=O) groups excluding carboxylic acids is 3. The van der Waals surface area contributed by atoms with E-state index in [4.69, 9.17) is 18.8 Å². The van der Waals surface area contributed by atoms with Gasteiger partial charge in [0.25, 0.3) is 10.1 Å². The average Bonchev–Trinajstić information content (AvgIpc) is 2.75. The molecule has 0 aromatic rings. The van der Waals surface area contributed by atoms with Gasteiger partial charge in [-0.3, -0.25) is 9.35 Å². The van der Waals surface area contributed by atoms with Crippen LogP contribution in [-0.2, 0) is 38.7 Å². The van der Waals surface area contributed by atoms with Gasteiger partial charge in [0.05, 0.1) is 12.4 Å². The zero-order valence-electron chi connectivity index (χ0n) is 20.7. The van der Waals surface area contributed by atoms with Gasteiger partial charge in [-0.15, -0.1) is 0 Å². The fraction of sp³-hybridized carbons (Fsp3) is 0.708. The van der Waals surface area contributed by atoms with E-state index in [0.717, 1.165) is 19.3 Å². The van der Waals surface area contributed by atoms with Crippen LogP contribution in [-0.4, -0.2) is 56.5 Å². The minimum absolute atomic E-state index is 0.0737. The maximum atomic E-state index is 13.2. The highest BCUT2D eigenvalue weighted by Gasteiger charge is 2.43. The van der Waals surface area contributed by atoms with Gasteiger partial charge < -0.3 is 14.2 Å². The number of carbonyl (C=O) groups is 3. The zero-order valence-corrected chi connectivity index (χ0v) is 21.5. The quantitative estimate of drug-likeness (QED) is 0.0904. The van der Waals surface area contributed by atoms with E-state index in [1.165, 1.54) is 13.8 Å². The summed E-state index contributed by atoms with van der Waals surface area (Å²) in [6, 6.07) is 0. The molecule has 0 spiro atoms. The van der Waals surface area contributed by atoms with Crippen LogP contribution in [0.4, 0.5) is 0 Å². The van der Waals surface area contributed by atoms with Crippen LogP contribution in [0.25, 0.3) is 0 Å². The molecule has 0 aliphatic carbocycles. The van der Waals surface area contributed by atoms with Gasteiger partial charge in [-0.25, -0.2) is 9.59 Å². The van der Waals surface area contributed by atoms with Crippen molar-refractivity contribution in [1.82, 2.24) is 0 Å². The second kappa shape index (κ2) is 16.4. The summed E-state index contributed by atoms with van der Waals surface area (Å²) in [5, 5.41) is 0. The minimum atomic E-state index is -3.98. The number of ether oxygens (including phenoxy) is 3. The highest BCUT2D eigenvalue weighted by Crippen LogP contribution is 2.30. The Morgan fingerprint density at radius 3 is 1.76 bits per heavy atom. The molecule has 0 radical (unpaired) electrons. The number of hydrogen-bond donors (Lipinski definition) is 1. The molecule has 0 aromatic carbocycles. The Balaban J connectivity index is 5.26. The standard InChI is InChI=1S/C24H40O9S/c1-6-7-8-11-14-24(17-32-21(25)19(2)3,18-33-22(26)20(4)5)23(27)31-15-12-9-10-13-16-34(28,29)30/h2,4,6-18H2,1,3,5H3,(H,28,29,30). The van der Waals surface area contributed by atoms with Crippen LogP contribution >= 0.6 is 0 Å². The van der Waals surface area contributed by atoms with E-state index in [0.29, 0.717) is 38.5 Å². The van der Waals surface area contributed by atoms with E-state index in [-0.39, 0.29) is 36.7 Å². The van der Waals surface area contributed by atoms with Crippen molar-refractivity contribution >= 4 is 28.0 Å². The number of esters is 3. The van der Waals surface area contributed by atoms with Crippen molar-refractivity contribution in [1.29, 1.82) is 0 Å². The Bertz CT molecular complexity index is 769. The summed E-state index contributed by atoms with van der Waals surface area (Å²) in [6.07, 6.45) is 5.69. The largest absolute Gasteiger partial charge is 0.465 e. The third kappa shape index (κ3) is 14.1. The lowest BCUT2D eigenvalue weighted by Gasteiger charge is -2.30. The first-order chi connectivity index (χ1) is 15.8. The molecule has 0 saturated heterocycles. The third-order valence-electron chi connectivity index (χ3n) is 5.13. The van der Waals surface area contributed by atoms with Gasteiger partial charge in [0.15, 0.2) is 0 Å². The Hall–Kier alpha value is -2.20. The molecule has 0 amide bonds. The highest BCUT2D eigenvalue weighted by atomic mass is 32.2. The summed E-state index contributed by atoms with van der Waals surface area (Å²) < 4.78 is 46.3. The van der Waals surface area contributed by atoms with Gasteiger partial charge >= 0.3 is 17.9 Å². The van der Waals surface area contributed by atoms with E-state index < -0.39 is 33.4 Å². The maximum absolute atomic E-state index is 13.2. The topological polar surface area (TPSA) is 133 Å². The summed E-state index contributed by atoms with van der Waals surface area (Å²) >= 11 is 0. The molecule has 1 N–H and O–H groups in total. The molecule has 0 bridgehead atoms. The summed E-state index contributed by atoms with van der Waals surface area (Å²) in [4.78, 5) is 37.2. The first-order valence-corrected chi connectivity index (χ1v) is 13.2. The average molecular weight is 505 g/mol. The van der Waals surface area contributed by atoms with E-state index in [9.17, 15) is 22.8 Å². The molecule has 0 aliphatic rings. The molecule has 0 unspecified atom stereocenters. The number of rotatable bonds is 19. The summed E-state index contributed by atoms with van der Waals surface area (Å²) in [5.41, 5.74) is -1.01. The molecular formula is C24H40O9S.